The predicted molar refractivity (Wildman–Crippen MR) is 119 cm³/mol. The van der Waals surface area contributed by atoms with Crippen LogP contribution in [0.4, 0.5) is 4.39 Å². The summed E-state index contributed by atoms with van der Waals surface area (Å²) < 4.78 is 30.2. The number of hydrogen-bond acceptors (Lipinski definition) is 6. The Hall–Kier alpha value is -3.39. The summed E-state index contributed by atoms with van der Waals surface area (Å²) in [7, 11) is 0. The first-order chi connectivity index (χ1) is 15.9. The Balaban J connectivity index is 1.73. The number of aliphatic hydroxyl groups is 1. The molecule has 0 radical (unpaired) electrons. The van der Waals surface area contributed by atoms with Gasteiger partial charge < -0.3 is 24.2 Å². The van der Waals surface area contributed by atoms with E-state index in [0.717, 1.165) is 0 Å². The van der Waals surface area contributed by atoms with Crippen molar-refractivity contribution >= 4 is 17.4 Å². The first-order valence-electron chi connectivity index (χ1n) is 10.9. The minimum absolute atomic E-state index is 0.0449. The van der Waals surface area contributed by atoms with Crippen LogP contribution in [-0.2, 0) is 14.3 Å². The molecule has 8 heteroatoms. The summed E-state index contributed by atoms with van der Waals surface area (Å²) in [6, 6.07) is 9.54. The summed E-state index contributed by atoms with van der Waals surface area (Å²) in [5, 5.41) is 11.1. The zero-order chi connectivity index (χ0) is 23.5. The third-order valence-corrected chi connectivity index (χ3v) is 5.54. The molecule has 7 nitrogen and oxygen atoms in total. The lowest BCUT2D eigenvalue weighted by Gasteiger charge is -2.25. The Morgan fingerprint density at radius 1 is 1.12 bits per heavy atom. The van der Waals surface area contributed by atoms with E-state index in [1.165, 1.54) is 29.2 Å². The fourth-order valence-electron chi connectivity index (χ4n) is 4.00. The van der Waals surface area contributed by atoms with E-state index < -0.39 is 23.5 Å². The number of amides is 1. The van der Waals surface area contributed by atoms with Crippen LogP contribution >= 0.6 is 0 Å². The molecule has 0 bridgehead atoms. The van der Waals surface area contributed by atoms with Crippen LogP contribution < -0.4 is 9.47 Å². The van der Waals surface area contributed by atoms with E-state index >= 15 is 0 Å². The maximum Gasteiger partial charge on any atom is 0.295 e. The highest BCUT2D eigenvalue weighted by Gasteiger charge is 2.45. The maximum atomic E-state index is 13.6. The van der Waals surface area contributed by atoms with Crippen LogP contribution in [0.2, 0.25) is 0 Å². The lowest BCUT2D eigenvalue weighted by Crippen LogP contribution is -2.31. The molecule has 174 valence electrons. The van der Waals surface area contributed by atoms with Gasteiger partial charge in [-0.25, -0.2) is 4.39 Å². The van der Waals surface area contributed by atoms with Gasteiger partial charge in [-0.05, 0) is 56.2 Å². The van der Waals surface area contributed by atoms with Crippen LogP contribution in [0.1, 0.15) is 37.4 Å². The van der Waals surface area contributed by atoms with E-state index in [0.29, 0.717) is 48.9 Å². The van der Waals surface area contributed by atoms with Crippen molar-refractivity contribution in [3.05, 3.63) is 65.0 Å². The zero-order valence-electron chi connectivity index (χ0n) is 18.5. The van der Waals surface area contributed by atoms with Gasteiger partial charge in [0.15, 0.2) is 11.5 Å². The number of hydrogen-bond donors (Lipinski definition) is 1. The van der Waals surface area contributed by atoms with Gasteiger partial charge in [-0.2, -0.15) is 0 Å². The lowest BCUT2D eigenvalue weighted by molar-refractivity contribution is -0.140. The van der Waals surface area contributed by atoms with Crippen LogP contribution in [0.25, 0.3) is 5.76 Å². The Bertz CT molecular complexity index is 1080. The van der Waals surface area contributed by atoms with Gasteiger partial charge in [0.1, 0.15) is 24.8 Å². The normalized spacial score (nSPS) is 19.4. The molecule has 1 saturated heterocycles. The summed E-state index contributed by atoms with van der Waals surface area (Å²) in [6.07, 6.45) is 0.552. The van der Waals surface area contributed by atoms with Crippen LogP contribution in [0.5, 0.6) is 11.5 Å². The van der Waals surface area contributed by atoms with E-state index in [9.17, 15) is 19.1 Å². The van der Waals surface area contributed by atoms with Crippen molar-refractivity contribution in [3.63, 3.8) is 0 Å². The second-order valence-corrected chi connectivity index (χ2v) is 8.18. The largest absolute Gasteiger partial charge is 0.507 e. The molecule has 0 aromatic heterocycles. The van der Waals surface area contributed by atoms with E-state index in [1.807, 2.05) is 13.8 Å². The van der Waals surface area contributed by atoms with E-state index in [-0.39, 0.29) is 24.0 Å². The number of Topliss-reactive ketones (excluding diaryl/α,β-unsaturated/α-hetero) is 1. The minimum Gasteiger partial charge on any atom is -0.507 e. The van der Waals surface area contributed by atoms with Crippen molar-refractivity contribution in [2.45, 2.75) is 32.4 Å². The number of ketones is 1. The quantitative estimate of drug-likeness (QED) is 0.296. The van der Waals surface area contributed by atoms with E-state index in [2.05, 4.69) is 0 Å². The number of benzene rings is 2. The number of carbonyl (C=O) groups excluding carboxylic acids is 2. The van der Waals surface area contributed by atoms with Gasteiger partial charge in [-0.3, -0.25) is 9.59 Å². The maximum absolute atomic E-state index is 13.6. The highest BCUT2D eigenvalue weighted by Crippen LogP contribution is 2.41. The molecule has 1 N–H and O–H groups in total. The minimum atomic E-state index is -0.849. The van der Waals surface area contributed by atoms with Crippen molar-refractivity contribution in [2.75, 3.05) is 26.4 Å². The van der Waals surface area contributed by atoms with Gasteiger partial charge in [0.05, 0.1) is 17.7 Å². The monoisotopic (exact) mass is 455 g/mol. The molecule has 4 rings (SSSR count). The van der Waals surface area contributed by atoms with Crippen molar-refractivity contribution in [1.82, 2.24) is 4.90 Å². The van der Waals surface area contributed by atoms with Gasteiger partial charge >= 0.3 is 0 Å². The fourth-order valence-corrected chi connectivity index (χ4v) is 4.00. The Labute approximate surface area is 191 Å². The lowest BCUT2D eigenvalue weighted by atomic mass is 9.95. The van der Waals surface area contributed by atoms with E-state index in [4.69, 9.17) is 14.2 Å². The van der Waals surface area contributed by atoms with Gasteiger partial charge in [0, 0.05) is 18.7 Å². The van der Waals surface area contributed by atoms with E-state index in [1.54, 1.807) is 18.2 Å². The van der Waals surface area contributed by atoms with Gasteiger partial charge in [0.25, 0.3) is 11.7 Å². The molecule has 2 aliphatic heterocycles. The molecule has 2 heterocycles. The van der Waals surface area contributed by atoms with Crippen molar-refractivity contribution in [3.8, 4) is 11.5 Å². The fraction of sp³-hybridized carbons (Fsp3) is 0.360. The van der Waals surface area contributed by atoms with Crippen LogP contribution in [0, 0.1) is 5.82 Å². The Morgan fingerprint density at radius 3 is 2.52 bits per heavy atom. The molecule has 2 aromatic carbocycles. The average Bonchev–Trinajstić information content (AvgIpc) is 3.06. The molecule has 1 fully saturated rings. The molecule has 33 heavy (non-hydrogen) atoms. The number of likely N-dealkylation sites (tertiary alicyclic amines) is 1. The van der Waals surface area contributed by atoms with Gasteiger partial charge in [-0.1, -0.05) is 12.1 Å². The summed E-state index contributed by atoms with van der Waals surface area (Å²) in [5.41, 5.74) is 0.806. The standard InChI is InChI=1S/C25H26FNO6/c1-15(2)31-11-3-10-27-22(16-4-7-18(26)8-5-16)21(24(29)25(27)30)23(28)17-6-9-19-20(14-17)33-13-12-32-19/h4-9,14-15,22,28H,3,10-13H2,1-2H3/b23-21-. The summed E-state index contributed by atoms with van der Waals surface area (Å²) >= 11 is 0. The zero-order valence-corrected chi connectivity index (χ0v) is 18.5. The third-order valence-electron chi connectivity index (χ3n) is 5.54. The third kappa shape index (κ3) is 4.71. The van der Waals surface area contributed by atoms with Crippen LogP contribution in [-0.4, -0.2) is 54.2 Å². The predicted octanol–water partition coefficient (Wildman–Crippen LogP) is 3.83. The molecule has 0 spiro atoms. The molecule has 1 atom stereocenters. The highest BCUT2D eigenvalue weighted by atomic mass is 19.1. The molecule has 0 saturated carbocycles. The smallest absolute Gasteiger partial charge is 0.295 e. The number of aliphatic hydroxyl groups excluding tert-OH is 1. The Morgan fingerprint density at radius 2 is 1.82 bits per heavy atom. The number of nitrogens with zero attached hydrogens (tertiary/aromatic N) is 1. The second kappa shape index (κ2) is 9.62. The summed E-state index contributed by atoms with van der Waals surface area (Å²) in [6.45, 7) is 5.29. The van der Waals surface area contributed by atoms with Crippen molar-refractivity contribution in [2.24, 2.45) is 0 Å². The summed E-state index contributed by atoms with van der Waals surface area (Å²) in [4.78, 5) is 27.4. The number of rotatable bonds is 7. The number of halogens is 1. The molecule has 1 unspecified atom stereocenters. The second-order valence-electron chi connectivity index (χ2n) is 8.18. The molecule has 1 amide bonds. The van der Waals surface area contributed by atoms with Crippen molar-refractivity contribution < 1.29 is 33.3 Å². The number of fused-ring (bicyclic) bond motifs is 1. The first kappa shape index (κ1) is 22.8. The van der Waals surface area contributed by atoms with Crippen LogP contribution in [0.15, 0.2) is 48.0 Å². The topological polar surface area (TPSA) is 85.3 Å². The average molecular weight is 455 g/mol. The number of ether oxygens (including phenoxy) is 3. The highest BCUT2D eigenvalue weighted by molar-refractivity contribution is 6.46. The molecule has 0 aliphatic carbocycles. The number of carbonyl (C=O) groups is 2. The molecular formula is C25H26FNO6. The van der Waals surface area contributed by atoms with Crippen molar-refractivity contribution in [1.29, 1.82) is 0 Å². The summed E-state index contributed by atoms with van der Waals surface area (Å²) in [5.74, 6) is -1.27. The van der Waals surface area contributed by atoms with Crippen LogP contribution in [0.3, 0.4) is 0 Å². The molecule has 2 aliphatic rings. The molecular weight excluding hydrogens is 429 g/mol. The first-order valence-corrected chi connectivity index (χ1v) is 10.9. The SMILES string of the molecule is CC(C)OCCCN1C(=O)C(=O)/C(=C(\O)c2ccc3c(c2)OCCO3)C1c1ccc(F)cc1. The van der Waals surface area contributed by atoms with Gasteiger partial charge in [-0.15, -0.1) is 0 Å². The Kier molecular flexibility index (Phi) is 6.65. The van der Waals surface area contributed by atoms with Gasteiger partial charge in [0.2, 0.25) is 0 Å². The molecule has 2 aromatic rings.